The normalized spacial score (nSPS) is 11.4. The van der Waals surface area contributed by atoms with Crippen molar-refractivity contribution in [3.63, 3.8) is 0 Å². The fraction of sp³-hybridized carbons (Fsp3) is 0.500. The molecule has 0 amide bonds. The minimum absolute atomic E-state index is 0.595. The third-order valence-corrected chi connectivity index (χ3v) is 3.59. The molecule has 0 aliphatic rings. The smallest absolute Gasteiger partial charge is 0.191 e. The van der Waals surface area contributed by atoms with Crippen molar-refractivity contribution >= 4 is 29.3 Å². The first-order chi connectivity index (χ1) is 9.27. The molecular weight excluding hydrogens is 278 g/mol. The second kappa shape index (κ2) is 9.98. The lowest BCUT2D eigenvalue weighted by atomic mass is 10.2. The Morgan fingerprint density at radius 2 is 2.11 bits per heavy atom. The largest absolute Gasteiger partial charge is 0.357 e. The van der Waals surface area contributed by atoms with Crippen LogP contribution in [-0.4, -0.2) is 31.1 Å². The molecule has 0 bridgehead atoms. The molecule has 2 N–H and O–H groups in total. The summed E-state index contributed by atoms with van der Waals surface area (Å²) in [4.78, 5) is 4.55. The van der Waals surface area contributed by atoms with Crippen LogP contribution < -0.4 is 10.6 Å². The molecule has 0 spiro atoms. The third-order valence-electron chi connectivity index (χ3n) is 2.53. The van der Waals surface area contributed by atoms with Gasteiger partial charge in [0.1, 0.15) is 0 Å². The van der Waals surface area contributed by atoms with Crippen LogP contribution in [0.4, 0.5) is 0 Å². The molecule has 19 heavy (non-hydrogen) atoms. The third kappa shape index (κ3) is 6.73. The van der Waals surface area contributed by atoms with Gasteiger partial charge in [-0.25, -0.2) is 4.99 Å². The highest BCUT2D eigenvalue weighted by Gasteiger charge is 2.00. The van der Waals surface area contributed by atoms with Gasteiger partial charge in [-0.05, 0) is 37.0 Å². The number of thioether (sulfide) groups is 1. The predicted octanol–water partition coefficient (Wildman–Crippen LogP) is 3.15. The summed E-state index contributed by atoms with van der Waals surface area (Å²) in [6.07, 6.45) is 3.26. The fourth-order valence-corrected chi connectivity index (χ4v) is 2.18. The summed E-state index contributed by atoms with van der Waals surface area (Å²) >= 11 is 7.98. The molecule has 1 aromatic rings. The lowest BCUT2D eigenvalue weighted by Gasteiger charge is -2.11. The molecule has 1 aromatic carbocycles. The molecule has 0 saturated carbocycles. The zero-order valence-corrected chi connectivity index (χ0v) is 13.2. The average Bonchev–Trinajstić information content (AvgIpc) is 2.42. The first-order valence-electron chi connectivity index (χ1n) is 6.52. The van der Waals surface area contributed by atoms with E-state index < -0.39 is 0 Å². The molecule has 0 aliphatic heterocycles. The standard InChI is InChI=1S/C14H22ClN3S/c1-3-16-14(17-9-6-10-19-2)18-11-12-7-4-5-8-13(12)15/h4-5,7-8H,3,6,9-11H2,1-2H3,(H2,16,17,18). The van der Waals surface area contributed by atoms with E-state index >= 15 is 0 Å². The van der Waals surface area contributed by atoms with Crippen molar-refractivity contribution in [1.82, 2.24) is 10.6 Å². The van der Waals surface area contributed by atoms with E-state index in [-0.39, 0.29) is 0 Å². The van der Waals surface area contributed by atoms with Gasteiger partial charge in [0, 0.05) is 18.1 Å². The molecule has 106 valence electrons. The van der Waals surface area contributed by atoms with Gasteiger partial charge < -0.3 is 10.6 Å². The first kappa shape index (κ1) is 16.2. The molecular formula is C14H22ClN3S. The monoisotopic (exact) mass is 299 g/mol. The second-order valence-electron chi connectivity index (χ2n) is 4.06. The van der Waals surface area contributed by atoms with E-state index in [1.54, 1.807) is 0 Å². The minimum Gasteiger partial charge on any atom is -0.357 e. The Bertz CT molecular complexity index is 396. The Labute approximate surface area is 125 Å². The van der Waals surface area contributed by atoms with Crippen LogP contribution in [0.15, 0.2) is 29.3 Å². The van der Waals surface area contributed by atoms with Crippen LogP contribution in [0.1, 0.15) is 18.9 Å². The van der Waals surface area contributed by atoms with Crippen molar-refractivity contribution < 1.29 is 0 Å². The molecule has 0 unspecified atom stereocenters. The van der Waals surface area contributed by atoms with Gasteiger partial charge in [0.15, 0.2) is 5.96 Å². The number of aliphatic imine (C=N–C) groups is 1. The van der Waals surface area contributed by atoms with Gasteiger partial charge in [-0.3, -0.25) is 0 Å². The molecule has 1 rings (SSSR count). The Balaban J connectivity index is 2.50. The molecule has 0 heterocycles. The summed E-state index contributed by atoms with van der Waals surface area (Å²) in [5.74, 6) is 2.01. The number of rotatable bonds is 7. The number of benzene rings is 1. The number of nitrogens with zero attached hydrogens (tertiary/aromatic N) is 1. The van der Waals surface area contributed by atoms with E-state index in [0.717, 1.165) is 41.8 Å². The zero-order chi connectivity index (χ0) is 13.9. The molecule has 0 aromatic heterocycles. The highest BCUT2D eigenvalue weighted by atomic mass is 35.5. The van der Waals surface area contributed by atoms with Crippen LogP contribution in [0.2, 0.25) is 5.02 Å². The summed E-state index contributed by atoms with van der Waals surface area (Å²) in [6, 6.07) is 7.81. The van der Waals surface area contributed by atoms with Crippen LogP contribution >= 0.6 is 23.4 Å². The summed E-state index contributed by atoms with van der Waals surface area (Å²) in [5, 5.41) is 7.33. The first-order valence-corrected chi connectivity index (χ1v) is 8.29. The number of halogens is 1. The molecule has 0 radical (unpaired) electrons. The Morgan fingerprint density at radius 3 is 2.79 bits per heavy atom. The quantitative estimate of drug-likeness (QED) is 0.461. The van der Waals surface area contributed by atoms with E-state index in [9.17, 15) is 0 Å². The van der Waals surface area contributed by atoms with E-state index in [2.05, 4.69) is 28.8 Å². The van der Waals surface area contributed by atoms with E-state index in [4.69, 9.17) is 11.6 Å². The van der Waals surface area contributed by atoms with Crippen LogP contribution in [0.5, 0.6) is 0 Å². The summed E-state index contributed by atoms with van der Waals surface area (Å²) < 4.78 is 0. The molecule has 0 aliphatic carbocycles. The summed E-state index contributed by atoms with van der Waals surface area (Å²) in [6.45, 7) is 4.46. The van der Waals surface area contributed by atoms with Crippen molar-refractivity contribution in [3.05, 3.63) is 34.9 Å². The average molecular weight is 300 g/mol. The minimum atomic E-state index is 0.595. The number of guanidine groups is 1. The lowest BCUT2D eigenvalue weighted by Crippen LogP contribution is -2.37. The number of hydrogen-bond donors (Lipinski definition) is 2. The van der Waals surface area contributed by atoms with Gasteiger partial charge in [0.05, 0.1) is 6.54 Å². The summed E-state index contributed by atoms with van der Waals surface area (Å²) in [5.41, 5.74) is 1.05. The highest BCUT2D eigenvalue weighted by Crippen LogP contribution is 2.15. The van der Waals surface area contributed by atoms with Gasteiger partial charge in [-0.2, -0.15) is 11.8 Å². The van der Waals surface area contributed by atoms with Crippen LogP contribution in [0.3, 0.4) is 0 Å². The van der Waals surface area contributed by atoms with Crippen LogP contribution in [0, 0.1) is 0 Å². The van der Waals surface area contributed by atoms with E-state index in [1.807, 2.05) is 36.0 Å². The van der Waals surface area contributed by atoms with Gasteiger partial charge in [0.25, 0.3) is 0 Å². The van der Waals surface area contributed by atoms with E-state index in [1.165, 1.54) is 0 Å². The van der Waals surface area contributed by atoms with Crippen LogP contribution in [0.25, 0.3) is 0 Å². The number of nitrogens with one attached hydrogen (secondary N) is 2. The topological polar surface area (TPSA) is 36.4 Å². The Morgan fingerprint density at radius 1 is 1.32 bits per heavy atom. The fourth-order valence-electron chi connectivity index (χ4n) is 1.56. The van der Waals surface area contributed by atoms with Crippen molar-refractivity contribution in [3.8, 4) is 0 Å². The van der Waals surface area contributed by atoms with Gasteiger partial charge in [-0.1, -0.05) is 29.8 Å². The van der Waals surface area contributed by atoms with Crippen molar-refractivity contribution in [1.29, 1.82) is 0 Å². The molecule has 5 heteroatoms. The summed E-state index contributed by atoms with van der Waals surface area (Å²) in [7, 11) is 0. The molecule has 0 fully saturated rings. The highest BCUT2D eigenvalue weighted by molar-refractivity contribution is 7.98. The zero-order valence-electron chi connectivity index (χ0n) is 11.6. The van der Waals surface area contributed by atoms with Crippen molar-refractivity contribution in [2.75, 3.05) is 25.1 Å². The van der Waals surface area contributed by atoms with Crippen molar-refractivity contribution in [2.45, 2.75) is 19.9 Å². The van der Waals surface area contributed by atoms with Gasteiger partial charge >= 0.3 is 0 Å². The molecule has 0 atom stereocenters. The number of hydrogen-bond acceptors (Lipinski definition) is 2. The van der Waals surface area contributed by atoms with Gasteiger partial charge in [0.2, 0.25) is 0 Å². The second-order valence-corrected chi connectivity index (χ2v) is 5.45. The Hall–Kier alpha value is -0.870. The van der Waals surface area contributed by atoms with Crippen LogP contribution in [-0.2, 0) is 6.54 Å². The molecule has 3 nitrogen and oxygen atoms in total. The predicted molar refractivity (Wildman–Crippen MR) is 87.3 cm³/mol. The lowest BCUT2D eigenvalue weighted by molar-refractivity contribution is 0.790. The maximum atomic E-state index is 6.12. The SMILES string of the molecule is CCNC(=NCc1ccccc1Cl)NCCCSC. The maximum Gasteiger partial charge on any atom is 0.191 e. The molecule has 0 saturated heterocycles. The van der Waals surface area contributed by atoms with Crippen molar-refractivity contribution in [2.24, 2.45) is 4.99 Å². The van der Waals surface area contributed by atoms with E-state index in [0.29, 0.717) is 6.54 Å². The van der Waals surface area contributed by atoms with Gasteiger partial charge in [-0.15, -0.1) is 0 Å². The Kier molecular flexibility index (Phi) is 8.50. The maximum absolute atomic E-state index is 6.12.